The molecule has 55 heavy (non-hydrogen) atoms. The normalized spacial score (nSPS) is 15.1. The maximum Gasteiger partial charge on any atom is -1.00 e. The molecule has 0 aliphatic heterocycles. The minimum Gasteiger partial charge on any atom is -1.00 e. The molecule has 0 spiro atoms. The Bertz CT molecular complexity index is 2460. The molecule has 0 N–H and O–H groups in total. The summed E-state index contributed by atoms with van der Waals surface area (Å²) < 4.78 is 0.820. The van der Waals surface area contributed by atoms with Crippen LogP contribution in [0.15, 0.2) is 182 Å². The summed E-state index contributed by atoms with van der Waals surface area (Å²) in [5.74, 6) is 0. The second kappa shape index (κ2) is 16.4. The molecular formula is C50H34Cl2S2Zr. The van der Waals surface area contributed by atoms with Crippen molar-refractivity contribution >= 4 is 46.0 Å². The third kappa shape index (κ3) is 7.14. The van der Waals surface area contributed by atoms with Crippen LogP contribution in [0, 0.1) is 0 Å². The predicted octanol–water partition coefficient (Wildman–Crippen LogP) is 8.46. The van der Waals surface area contributed by atoms with E-state index in [9.17, 15) is 0 Å². The Morgan fingerprint density at radius 1 is 0.327 bits per heavy atom. The molecule has 2 atom stereocenters. The van der Waals surface area contributed by atoms with Crippen molar-refractivity contribution in [3.8, 4) is 43.1 Å². The summed E-state index contributed by atoms with van der Waals surface area (Å²) in [4.78, 5) is 5.45. The Hall–Kier alpha value is -4.34. The topological polar surface area (TPSA) is 0 Å². The number of halogens is 2. The number of hydrogen-bond donors (Lipinski definition) is 0. The summed E-state index contributed by atoms with van der Waals surface area (Å²) in [5.41, 5.74) is 16.6. The molecule has 2 aliphatic rings. The molecule has 2 heterocycles. The van der Waals surface area contributed by atoms with Gasteiger partial charge in [-0.05, 0) is 0 Å². The van der Waals surface area contributed by atoms with E-state index in [1.54, 1.807) is 0 Å². The zero-order chi connectivity index (χ0) is 35.1. The van der Waals surface area contributed by atoms with Gasteiger partial charge in [0.15, 0.2) is 0 Å². The van der Waals surface area contributed by atoms with Crippen LogP contribution in [-0.2, 0) is 23.2 Å². The first-order valence-corrected chi connectivity index (χ1v) is 22.6. The molecule has 0 radical (unpaired) electrons. The quantitative estimate of drug-likeness (QED) is 0.144. The molecule has 2 unspecified atom stereocenters. The van der Waals surface area contributed by atoms with Gasteiger partial charge in [-0.3, -0.25) is 0 Å². The average Bonchev–Trinajstić information content (AvgIpc) is 4.05. The first-order chi connectivity index (χ1) is 26.3. The summed E-state index contributed by atoms with van der Waals surface area (Å²) in [7, 11) is 0. The van der Waals surface area contributed by atoms with Crippen molar-refractivity contribution in [1.82, 2.24) is 0 Å². The minimum atomic E-state index is -1.27. The van der Waals surface area contributed by atoms with Gasteiger partial charge in [0.25, 0.3) is 0 Å². The van der Waals surface area contributed by atoms with Crippen LogP contribution in [0.3, 0.4) is 0 Å². The molecule has 2 aliphatic carbocycles. The van der Waals surface area contributed by atoms with E-state index >= 15 is 0 Å². The van der Waals surface area contributed by atoms with Crippen LogP contribution in [-0.4, -0.2) is 0 Å². The number of benzene rings is 6. The fourth-order valence-electron chi connectivity index (χ4n) is 8.00. The maximum absolute atomic E-state index is 2.56. The molecule has 2 aromatic heterocycles. The van der Waals surface area contributed by atoms with Crippen molar-refractivity contribution in [2.45, 2.75) is 7.25 Å². The molecule has 5 heteroatoms. The van der Waals surface area contributed by atoms with Crippen LogP contribution >= 0.6 is 22.7 Å². The average molecular weight is 861 g/mol. The van der Waals surface area contributed by atoms with Crippen molar-refractivity contribution < 1.29 is 48.0 Å². The van der Waals surface area contributed by atoms with Gasteiger partial charge in [0.2, 0.25) is 0 Å². The van der Waals surface area contributed by atoms with E-state index in [-0.39, 0.29) is 24.8 Å². The number of fused-ring (bicyclic) bond motifs is 2. The molecule has 0 nitrogen and oxygen atoms in total. The van der Waals surface area contributed by atoms with Gasteiger partial charge >= 0.3 is 334 Å². The van der Waals surface area contributed by atoms with E-state index in [0.717, 1.165) is 0 Å². The molecule has 8 aromatic rings. The summed E-state index contributed by atoms with van der Waals surface area (Å²) >= 11 is 2.62. The van der Waals surface area contributed by atoms with E-state index in [1.807, 2.05) is 22.7 Å². The SMILES string of the molecule is C1=C(c2ccc(-c3ccccc3)s2)[CH]([Zr+2][CH]2C(c3ccc(-c4ccccc4)s3)=Cc3c(-c4ccccc4)cccc32)c2cccc(-c3ccccc3)c21.[Cl-].[Cl-]. The summed E-state index contributed by atoms with van der Waals surface area (Å²) in [6.45, 7) is 0. The summed E-state index contributed by atoms with van der Waals surface area (Å²) in [6, 6.07) is 67.2. The monoisotopic (exact) mass is 858 g/mol. The van der Waals surface area contributed by atoms with Gasteiger partial charge in [0, 0.05) is 0 Å². The second-order valence-corrected chi connectivity index (χ2v) is 19.5. The first kappa shape index (κ1) is 37.6. The Balaban J connectivity index is 0.00000214. The van der Waals surface area contributed by atoms with Crippen LogP contribution in [0.2, 0.25) is 0 Å². The van der Waals surface area contributed by atoms with Gasteiger partial charge in [0.05, 0.1) is 0 Å². The minimum absolute atomic E-state index is 0. The van der Waals surface area contributed by atoms with Gasteiger partial charge < -0.3 is 24.8 Å². The third-order valence-electron chi connectivity index (χ3n) is 10.5. The Labute approximate surface area is 355 Å². The fourth-order valence-corrected chi connectivity index (χ4v) is 15.6. The van der Waals surface area contributed by atoms with Crippen LogP contribution in [0.4, 0.5) is 0 Å². The maximum atomic E-state index is 2.56. The predicted molar refractivity (Wildman–Crippen MR) is 224 cm³/mol. The molecule has 0 fully saturated rings. The molecule has 0 amide bonds. The van der Waals surface area contributed by atoms with Crippen LogP contribution in [0.25, 0.3) is 66.4 Å². The number of allylic oxidation sites excluding steroid dienone is 2. The molecule has 264 valence electrons. The largest absolute Gasteiger partial charge is 1.00 e. The Kier molecular flexibility index (Phi) is 11.2. The zero-order valence-corrected chi connectivity index (χ0v) is 35.3. The fraction of sp³-hybridized carbons (Fsp3) is 0.0400. The van der Waals surface area contributed by atoms with Crippen molar-refractivity contribution in [3.05, 3.63) is 214 Å². The molecule has 10 rings (SSSR count). The van der Waals surface area contributed by atoms with E-state index in [0.29, 0.717) is 7.25 Å². The van der Waals surface area contributed by atoms with Crippen molar-refractivity contribution in [2.75, 3.05) is 0 Å². The van der Waals surface area contributed by atoms with Gasteiger partial charge in [-0.2, -0.15) is 0 Å². The molecule has 0 bridgehead atoms. The second-order valence-electron chi connectivity index (χ2n) is 13.6. The summed E-state index contributed by atoms with van der Waals surface area (Å²) in [6.07, 6.45) is 5.12. The molecule has 0 saturated heterocycles. The van der Waals surface area contributed by atoms with Crippen molar-refractivity contribution in [3.63, 3.8) is 0 Å². The van der Waals surface area contributed by atoms with E-state index in [4.69, 9.17) is 0 Å². The van der Waals surface area contributed by atoms with Crippen molar-refractivity contribution in [1.29, 1.82) is 0 Å². The third-order valence-corrected chi connectivity index (χ3v) is 17.6. The zero-order valence-electron chi connectivity index (χ0n) is 29.7. The van der Waals surface area contributed by atoms with Gasteiger partial charge in [0.1, 0.15) is 0 Å². The van der Waals surface area contributed by atoms with Gasteiger partial charge in [-0.15, -0.1) is 0 Å². The molecular weight excluding hydrogens is 827 g/mol. The first-order valence-electron chi connectivity index (χ1n) is 18.2. The van der Waals surface area contributed by atoms with E-state index in [1.165, 1.54) is 86.3 Å². The standard InChI is InChI=1S/2C25H17S.2ClH.Zr/c2*1-3-8-18(9-4-1)22-13-7-12-20-16-21(17-23(20)22)25-15-14-24(26-25)19-10-5-2-6-11-19;;;/h2*1-17H;2*1H;/q;;;;+2/p-2. The smallest absolute Gasteiger partial charge is 1.00 e. The number of thiophene rings is 2. The van der Waals surface area contributed by atoms with E-state index in [2.05, 4.69) is 194 Å². The van der Waals surface area contributed by atoms with Crippen LogP contribution < -0.4 is 24.8 Å². The van der Waals surface area contributed by atoms with E-state index < -0.39 is 23.2 Å². The van der Waals surface area contributed by atoms with Crippen LogP contribution in [0.1, 0.15) is 39.3 Å². The number of rotatable bonds is 8. The number of hydrogen-bond acceptors (Lipinski definition) is 2. The Morgan fingerprint density at radius 3 is 1.05 bits per heavy atom. The van der Waals surface area contributed by atoms with Gasteiger partial charge in [-0.1, -0.05) is 0 Å². The molecule has 6 aromatic carbocycles. The van der Waals surface area contributed by atoms with Gasteiger partial charge in [-0.25, -0.2) is 0 Å². The Morgan fingerprint density at radius 2 is 0.673 bits per heavy atom. The van der Waals surface area contributed by atoms with Crippen LogP contribution in [0.5, 0.6) is 0 Å². The summed E-state index contributed by atoms with van der Waals surface area (Å²) in [5, 5.41) is 0. The van der Waals surface area contributed by atoms with Crippen molar-refractivity contribution in [2.24, 2.45) is 0 Å². The molecule has 0 saturated carbocycles.